The van der Waals surface area contributed by atoms with Crippen LogP contribution in [0.25, 0.3) is 22.1 Å². The first-order valence-corrected chi connectivity index (χ1v) is 10.4. The zero-order valence-electron chi connectivity index (χ0n) is 17.8. The molecule has 0 spiro atoms. The quantitative estimate of drug-likeness (QED) is 0.378. The molecular formula is C26H24FNO4. The molecule has 0 aliphatic carbocycles. The Morgan fingerprint density at radius 1 is 1.03 bits per heavy atom. The van der Waals surface area contributed by atoms with Crippen molar-refractivity contribution >= 4 is 16.9 Å². The standard InChI is InChI=1S/C26H24FNO4/c1-2-30-25(29)14-18-6-3-4-9-23(18)32-16-17-12-22(20-10-11-31-24(20)13-17)21-8-5-7-19(15-28)26(21)27/h3-13H,2,14-16,28H2,1H3. The van der Waals surface area contributed by atoms with Gasteiger partial charge in [-0.3, -0.25) is 4.79 Å². The van der Waals surface area contributed by atoms with Gasteiger partial charge in [0.2, 0.25) is 0 Å². The van der Waals surface area contributed by atoms with Crippen LogP contribution in [-0.4, -0.2) is 12.6 Å². The second kappa shape index (κ2) is 9.66. The maximum atomic E-state index is 15.0. The normalized spacial score (nSPS) is 11.0. The smallest absolute Gasteiger partial charge is 0.310 e. The Balaban J connectivity index is 1.65. The minimum Gasteiger partial charge on any atom is -0.489 e. The van der Waals surface area contributed by atoms with Gasteiger partial charge in [0.15, 0.2) is 0 Å². The molecule has 4 aromatic rings. The lowest BCUT2D eigenvalue weighted by Crippen LogP contribution is -2.09. The van der Waals surface area contributed by atoms with Crippen LogP contribution >= 0.6 is 0 Å². The molecular weight excluding hydrogens is 409 g/mol. The molecule has 0 aliphatic rings. The number of furan rings is 1. The van der Waals surface area contributed by atoms with Crippen LogP contribution in [0.1, 0.15) is 23.6 Å². The van der Waals surface area contributed by atoms with Crippen molar-refractivity contribution in [1.82, 2.24) is 0 Å². The fraction of sp³-hybridized carbons (Fsp3) is 0.192. The molecule has 1 aromatic heterocycles. The number of hydrogen-bond donors (Lipinski definition) is 1. The monoisotopic (exact) mass is 433 g/mol. The lowest BCUT2D eigenvalue weighted by Gasteiger charge is -2.13. The van der Waals surface area contributed by atoms with E-state index in [4.69, 9.17) is 19.6 Å². The Labute approximate surface area is 185 Å². The lowest BCUT2D eigenvalue weighted by atomic mass is 9.97. The van der Waals surface area contributed by atoms with Gasteiger partial charge in [-0.15, -0.1) is 0 Å². The van der Waals surface area contributed by atoms with Crippen LogP contribution in [0.3, 0.4) is 0 Å². The third-order valence-corrected chi connectivity index (χ3v) is 5.23. The third-order valence-electron chi connectivity index (χ3n) is 5.23. The molecule has 2 N–H and O–H groups in total. The fourth-order valence-corrected chi connectivity index (χ4v) is 3.70. The van der Waals surface area contributed by atoms with E-state index in [1.54, 1.807) is 31.4 Å². The molecule has 0 fully saturated rings. The predicted molar refractivity (Wildman–Crippen MR) is 121 cm³/mol. The van der Waals surface area contributed by atoms with Crippen molar-refractivity contribution in [3.63, 3.8) is 0 Å². The maximum absolute atomic E-state index is 15.0. The molecule has 3 aromatic carbocycles. The SMILES string of the molecule is CCOC(=O)Cc1ccccc1OCc1cc(-c2cccc(CN)c2F)c2ccoc2c1. The zero-order valence-corrected chi connectivity index (χ0v) is 17.8. The summed E-state index contributed by atoms with van der Waals surface area (Å²) in [7, 11) is 0. The summed E-state index contributed by atoms with van der Waals surface area (Å²) >= 11 is 0. The summed E-state index contributed by atoms with van der Waals surface area (Å²) in [6.45, 7) is 2.44. The Morgan fingerprint density at radius 3 is 2.66 bits per heavy atom. The second-order valence-electron chi connectivity index (χ2n) is 7.34. The van der Waals surface area contributed by atoms with Crippen LogP contribution in [0.2, 0.25) is 0 Å². The van der Waals surface area contributed by atoms with Gasteiger partial charge in [0.05, 0.1) is 19.3 Å². The first-order chi connectivity index (χ1) is 15.6. The highest BCUT2D eigenvalue weighted by molar-refractivity contribution is 5.94. The van der Waals surface area contributed by atoms with Crippen molar-refractivity contribution in [3.05, 3.63) is 89.4 Å². The summed E-state index contributed by atoms with van der Waals surface area (Å²) in [6.07, 6.45) is 1.71. The van der Waals surface area contributed by atoms with E-state index < -0.39 is 0 Å². The van der Waals surface area contributed by atoms with Gasteiger partial charge in [0, 0.05) is 28.6 Å². The third kappa shape index (κ3) is 4.50. The second-order valence-corrected chi connectivity index (χ2v) is 7.34. The molecule has 4 rings (SSSR count). The van der Waals surface area contributed by atoms with Crippen LogP contribution < -0.4 is 10.5 Å². The number of hydrogen-bond acceptors (Lipinski definition) is 5. The number of rotatable bonds is 8. The molecule has 6 heteroatoms. The average Bonchev–Trinajstić information content (AvgIpc) is 3.27. The molecule has 0 radical (unpaired) electrons. The van der Waals surface area contributed by atoms with Crippen molar-refractivity contribution in [2.24, 2.45) is 5.73 Å². The van der Waals surface area contributed by atoms with E-state index in [-0.39, 0.29) is 31.4 Å². The van der Waals surface area contributed by atoms with Crippen LogP contribution in [0, 0.1) is 5.82 Å². The number of para-hydroxylation sites is 1. The molecule has 0 amide bonds. The van der Waals surface area contributed by atoms with Crippen LogP contribution in [0.5, 0.6) is 5.75 Å². The number of fused-ring (bicyclic) bond motifs is 1. The summed E-state index contributed by atoms with van der Waals surface area (Å²) < 4.78 is 31.7. The first-order valence-electron chi connectivity index (χ1n) is 10.4. The van der Waals surface area contributed by atoms with Gasteiger partial charge in [-0.05, 0) is 42.3 Å². The van der Waals surface area contributed by atoms with Crippen molar-refractivity contribution < 1.29 is 23.1 Å². The van der Waals surface area contributed by atoms with Crippen LogP contribution in [0.15, 0.2) is 71.3 Å². The van der Waals surface area contributed by atoms with E-state index in [2.05, 4.69) is 0 Å². The van der Waals surface area contributed by atoms with Gasteiger partial charge in [-0.25, -0.2) is 4.39 Å². The zero-order chi connectivity index (χ0) is 22.5. The highest BCUT2D eigenvalue weighted by Crippen LogP contribution is 2.34. The highest BCUT2D eigenvalue weighted by atomic mass is 19.1. The Bertz CT molecular complexity index is 1250. The summed E-state index contributed by atoms with van der Waals surface area (Å²) in [4.78, 5) is 11.9. The number of carbonyl (C=O) groups excluding carboxylic acids is 1. The largest absolute Gasteiger partial charge is 0.489 e. The minimum atomic E-state index is -0.338. The van der Waals surface area contributed by atoms with Gasteiger partial charge in [-0.2, -0.15) is 0 Å². The molecule has 0 saturated carbocycles. The number of esters is 1. The highest BCUT2D eigenvalue weighted by Gasteiger charge is 2.15. The Morgan fingerprint density at radius 2 is 1.84 bits per heavy atom. The molecule has 1 heterocycles. The lowest BCUT2D eigenvalue weighted by molar-refractivity contribution is -0.142. The van der Waals surface area contributed by atoms with Crippen molar-refractivity contribution in [3.8, 4) is 16.9 Å². The number of benzene rings is 3. The first kappa shape index (κ1) is 21.6. The van der Waals surface area contributed by atoms with E-state index in [9.17, 15) is 4.79 Å². The fourth-order valence-electron chi connectivity index (χ4n) is 3.70. The molecule has 32 heavy (non-hydrogen) atoms. The van der Waals surface area contributed by atoms with Gasteiger partial charge in [-0.1, -0.05) is 36.4 Å². The van der Waals surface area contributed by atoms with Gasteiger partial charge in [0.25, 0.3) is 0 Å². The topological polar surface area (TPSA) is 74.7 Å². The molecule has 164 valence electrons. The molecule has 0 saturated heterocycles. The number of nitrogens with two attached hydrogens (primary N) is 1. The van der Waals surface area contributed by atoms with Crippen molar-refractivity contribution in [2.75, 3.05) is 6.61 Å². The summed E-state index contributed by atoms with van der Waals surface area (Å²) in [6, 6.07) is 18.1. The number of carbonyl (C=O) groups is 1. The van der Waals surface area contributed by atoms with Crippen molar-refractivity contribution in [1.29, 1.82) is 0 Å². The van der Waals surface area contributed by atoms with Crippen LogP contribution in [-0.2, 0) is 29.1 Å². The van der Waals surface area contributed by atoms with Crippen LogP contribution in [0.4, 0.5) is 4.39 Å². The van der Waals surface area contributed by atoms with Crippen molar-refractivity contribution in [2.45, 2.75) is 26.5 Å². The van der Waals surface area contributed by atoms with Gasteiger partial charge >= 0.3 is 5.97 Å². The molecule has 0 unspecified atom stereocenters. The van der Waals surface area contributed by atoms with Gasteiger partial charge in [0.1, 0.15) is 23.8 Å². The van der Waals surface area contributed by atoms with E-state index in [1.807, 2.05) is 42.5 Å². The average molecular weight is 433 g/mol. The summed E-state index contributed by atoms with van der Waals surface area (Å²) in [5.41, 5.74) is 9.50. The maximum Gasteiger partial charge on any atom is 0.310 e. The summed E-state index contributed by atoms with van der Waals surface area (Å²) in [5, 5.41) is 0.810. The number of ether oxygens (including phenoxy) is 2. The van der Waals surface area contributed by atoms with Gasteiger partial charge < -0.3 is 19.6 Å². The Kier molecular flexibility index (Phi) is 6.52. The minimum absolute atomic E-state index is 0.119. The van der Waals surface area contributed by atoms with E-state index in [0.717, 1.165) is 16.5 Å². The summed E-state index contributed by atoms with van der Waals surface area (Å²) in [5.74, 6) is -0.0496. The van der Waals surface area contributed by atoms with E-state index in [1.165, 1.54) is 0 Å². The van der Waals surface area contributed by atoms with E-state index in [0.29, 0.717) is 34.6 Å². The molecule has 0 atom stereocenters. The Hall–Kier alpha value is -3.64. The molecule has 0 aliphatic heterocycles. The van der Waals surface area contributed by atoms with E-state index >= 15 is 4.39 Å². The molecule has 5 nitrogen and oxygen atoms in total. The predicted octanol–water partition coefficient (Wildman–Crippen LogP) is 5.38. The number of halogens is 1. The molecule has 0 bridgehead atoms.